The Hall–Kier alpha value is -0.430. The van der Waals surface area contributed by atoms with Crippen molar-refractivity contribution in [2.45, 2.75) is 43.4 Å². The van der Waals surface area contributed by atoms with E-state index in [0.29, 0.717) is 10.8 Å². The molecule has 4 nitrogen and oxygen atoms in total. The first-order chi connectivity index (χ1) is 9.09. The molecule has 0 bridgehead atoms. The van der Waals surface area contributed by atoms with Crippen LogP contribution < -0.4 is 5.32 Å². The van der Waals surface area contributed by atoms with Gasteiger partial charge in [-0.2, -0.15) is 4.31 Å². The fraction of sp³-hybridized carbons (Fsp3) is 0.692. The third kappa shape index (κ3) is 3.18. The summed E-state index contributed by atoms with van der Waals surface area (Å²) in [5.74, 6) is 0. The third-order valence-corrected chi connectivity index (χ3v) is 7.08. The van der Waals surface area contributed by atoms with E-state index in [1.807, 2.05) is 19.9 Å². The zero-order valence-electron chi connectivity index (χ0n) is 11.6. The summed E-state index contributed by atoms with van der Waals surface area (Å²) in [7, 11) is -3.32. The van der Waals surface area contributed by atoms with Crippen LogP contribution in [0.15, 0.2) is 16.3 Å². The number of aryl methyl sites for hydroxylation is 1. The van der Waals surface area contributed by atoms with Crippen LogP contribution in [0.25, 0.3) is 0 Å². The molecule has 0 aromatic carbocycles. The predicted molar refractivity (Wildman–Crippen MR) is 79.2 cm³/mol. The van der Waals surface area contributed by atoms with Crippen LogP contribution >= 0.6 is 11.3 Å². The Kier molecular flexibility index (Phi) is 5.00. The Labute approximate surface area is 119 Å². The molecule has 1 aromatic rings. The van der Waals surface area contributed by atoms with Crippen LogP contribution in [0.2, 0.25) is 0 Å². The highest BCUT2D eigenvalue weighted by Crippen LogP contribution is 2.27. The molecule has 0 aliphatic carbocycles. The number of rotatable bonds is 6. The fourth-order valence-corrected chi connectivity index (χ4v) is 5.58. The molecular weight excluding hydrogens is 280 g/mol. The second-order valence-electron chi connectivity index (χ2n) is 4.84. The normalized spacial score (nSPS) is 20.3. The summed E-state index contributed by atoms with van der Waals surface area (Å²) >= 11 is 1.40. The van der Waals surface area contributed by atoms with Gasteiger partial charge in [0.1, 0.15) is 4.21 Å². The van der Waals surface area contributed by atoms with E-state index in [-0.39, 0.29) is 6.04 Å². The lowest BCUT2D eigenvalue weighted by Crippen LogP contribution is -2.41. The smallest absolute Gasteiger partial charge is 0.252 e. The number of sulfonamides is 1. The van der Waals surface area contributed by atoms with E-state index in [0.717, 1.165) is 37.2 Å². The number of nitrogens with one attached hydrogen (secondary N) is 1. The van der Waals surface area contributed by atoms with Crippen molar-refractivity contribution in [3.63, 3.8) is 0 Å². The molecule has 1 aromatic heterocycles. The zero-order valence-corrected chi connectivity index (χ0v) is 13.2. The maximum Gasteiger partial charge on any atom is 0.252 e. The molecule has 0 saturated carbocycles. The van der Waals surface area contributed by atoms with E-state index in [1.165, 1.54) is 11.3 Å². The molecule has 1 aliphatic rings. The first-order valence-electron chi connectivity index (χ1n) is 6.90. The highest BCUT2D eigenvalue weighted by Gasteiger charge is 2.33. The van der Waals surface area contributed by atoms with Gasteiger partial charge in [0.05, 0.1) is 0 Å². The van der Waals surface area contributed by atoms with E-state index < -0.39 is 10.0 Å². The van der Waals surface area contributed by atoms with Crippen molar-refractivity contribution in [1.29, 1.82) is 0 Å². The van der Waals surface area contributed by atoms with E-state index in [2.05, 4.69) is 5.32 Å². The van der Waals surface area contributed by atoms with Crippen LogP contribution in [0.5, 0.6) is 0 Å². The second-order valence-corrected chi connectivity index (χ2v) is 8.12. The minimum atomic E-state index is -3.32. The molecule has 0 spiro atoms. The van der Waals surface area contributed by atoms with Gasteiger partial charge in [0.15, 0.2) is 0 Å². The lowest BCUT2D eigenvalue weighted by molar-refractivity contribution is 0.336. The summed E-state index contributed by atoms with van der Waals surface area (Å²) in [6.45, 7) is 6.36. The molecule has 2 heterocycles. The minimum Gasteiger partial charge on any atom is -0.315 e. The molecule has 1 aliphatic heterocycles. The minimum absolute atomic E-state index is 0.108. The molecule has 108 valence electrons. The molecule has 6 heteroatoms. The topological polar surface area (TPSA) is 49.4 Å². The average Bonchev–Trinajstić information content (AvgIpc) is 3.06. The van der Waals surface area contributed by atoms with Gasteiger partial charge in [-0.1, -0.05) is 13.8 Å². The van der Waals surface area contributed by atoms with Gasteiger partial charge >= 0.3 is 0 Å². The number of hydrogen-bond acceptors (Lipinski definition) is 4. The van der Waals surface area contributed by atoms with Crippen molar-refractivity contribution in [2.75, 3.05) is 19.6 Å². The molecule has 1 saturated heterocycles. The Morgan fingerprint density at radius 3 is 2.74 bits per heavy atom. The van der Waals surface area contributed by atoms with Gasteiger partial charge in [0, 0.05) is 24.0 Å². The quantitative estimate of drug-likeness (QED) is 0.875. The van der Waals surface area contributed by atoms with E-state index >= 15 is 0 Å². The average molecular weight is 302 g/mol. The second kappa shape index (κ2) is 6.35. The van der Waals surface area contributed by atoms with Gasteiger partial charge in [0.2, 0.25) is 0 Å². The summed E-state index contributed by atoms with van der Waals surface area (Å²) < 4.78 is 27.7. The number of hydrogen-bond donors (Lipinski definition) is 1. The molecule has 1 fully saturated rings. The van der Waals surface area contributed by atoms with E-state index in [9.17, 15) is 8.42 Å². The first-order valence-corrected chi connectivity index (χ1v) is 9.16. The Morgan fingerprint density at radius 1 is 1.42 bits per heavy atom. The highest BCUT2D eigenvalue weighted by atomic mass is 32.2. The van der Waals surface area contributed by atoms with Crippen molar-refractivity contribution in [1.82, 2.24) is 9.62 Å². The largest absolute Gasteiger partial charge is 0.315 e. The van der Waals surface area contributed by atoms with Crippen LogP contribution in [0, 0.1) is 0 Å². The molecule has 1 N–H and O–H groups in total. The standard InChI is InChI=1S/C13H22N2O2S2/c1-3-9-15(11-7-8-14-10-11)19(16,17)13-6-5-12(4-2)18-13/h5-6,11,14H,3-4,7-10H2,1-2H3. The van der Waals surface area contributed by atoms with Crippen LogP contribution in [0.4, 0.5) is 0 Å². The summed E-state index contributed by atoms with van der Waals surface area (Å²) in [5, 5.41) is 3.25. The van der Waals surface area contributed by atoms with Crippen molar-refractivity contribution < 1.29 is 8.42 Å². The van der Waals surface area contributed by atoms with Crippen LogP contribution in [0.1, 0.15) is 31.6 Å². The zero-order chi connectivity index (χ0) is 13.9. The monoisotopic (exact) mass is 302 g/mol. The summed E-state index contributed by atoms with van der Waals surface area (Å²) in [4.78, 5) is 1.12. The first kappa shape index (κ1) is 15.0. The summed E-state index contributed by atoms with van der Waals surface area (Å²) in [6.07, 6.45) is 2.64. The molecular formula is C13H22N2O2S2. The Morgan fingerprint density at radius 2 is 2.21 bits per heavy atom. The van der Waals surface area contributed by atoms with Gasteiger partial charge in [-0.05, 0) is 37.9 Å². The highest BCUT2D eigenvalue weighted by molar-refractivity contribution is 7.91. The molecule has 1 atom stereocenters. The van der Waals surface area contributed by atoms with E-state index in [4.69, 9.17) is 0 Å². The lowest BCUT2D eigenvalue weighted by atomic mass is 10.2. The van der Waals surface area contributed by atoms with Crippen molar-refractivity contribution in [3.05, 3.63) is 17.0 Å². The summed E-state index contributed by atoms with van der Waals surface area (Å²) in [5.41, 5.74) is 0. The maximum absolute atomic E-state index is 12.7. The van der Waals surface area contributed by atoms with Gasteiger partial charge in [-0.25, -0.2) is 8.42 Å². The SMILES string of the molecule is CCCN(C1CCNC1)S(=O)(=O)c1ccc(CC)s1. The van der Waals surface area contributed by atoms with Crippen molar-refractivity contribution >= 4 is 21.4 Å². The van der Waals surface area contributed by atoms with E-state index in [1.54, 1.807) is 10.4 Å². The van der Waals surface area contributed by atoms with Crippen LogP contribution in [-0.2, 0) is 16.4 Å². The van der Waals surface area contributed by atoms with Crippen molar-refractivity contribution in [2.24, 2.45) is 0 Å². The van der Waals surface area contributed by atoms with Gasteiger partial charge in [-0.3, -0.25) is 0 Å². The fourth-order valence-electron chi connectivity index (χ4n) is 2.41. The van der Waals surface area contributed by atoms with Gasteiger partial charge < -0.3 is 5.32 Å². The molecule has 1 unspecified atom stereocenters. The van der Waals surface area contributed by atoms with Crippen molar-refractivity contribution in [3.8, 4) is 0 Å². The Balaban J connectivity index is 2.27. The number of nitrogens with zero attached hydrogens (tertiary/aromatic N) is 1. The van der Waals surface area contributed by atoms with Gasteiger partial charge in [-0.15, -0.1) is 11.3 Å². The Bertz CT molecular complexity index is 504. The summed E-state index contributed by atoms with van der Waals surface area (Å²) in [6, 6.07) is 3.79. The predicted octanol–water partition coefficient (Wildman–Crippen LogP) is 2.07. The lowest BCUT2D eigenvalue weighted by Gasteiger charge is -2.26. The van der Waals surface area contributed by atoms with Crippen LogP contribution in [0.3, 0.4) is 0 Å². The molecule has 0 amide bonds. The molecule has 19 heavy (non-hydrogen) atoms. The number of thiophene rings is 1. The van der Waals surface area contributed by atoms with Gasteiger partial charge in [0.25, 0.3) is 10.0 Å². The molecule has 2 rings (SSSR count). The molecule has 0 radical (unpaired) electrons. The van der Waals surface area contributed by atoms with Crippen LogP contribution in [-0.4, -0.2) is 38.4 Å². The third-order valence-electron chi connectivity index (χ3n) is 3.43. The maximum atomic E-state index is 12.7.